The summed E-state index contributed by atoms with van der Waals surface area (Å²) in [5.74, 6) is -2.45. The van der Waals surface area contributed by atoms with Crippen molar-refractivity contribution >= 4 is 17.6 Å². The van der Waals surface area contributed by atoms with Crippen molar-refractivity contribution in [2.45, 2.75) is 13.5 Å². The van der Waals surface area contributed by atoms with Gasteiger partial charge in [0.1, 0.15) is 11.6 Å². The summed E-state index contributed by atoms with van der Waals surface area (Å²) in [5, 5.41) is 2.67. The smallest absolute Gasteiger partial charge is 0.357 e. The molecule has 4 rings (SSSR count). The summed E-state index contributed by atoms with van der Waals surface area (Å²) in [5.41, 5.74) is 1.75. The lowest BCUT2D eigenvalue weighted by Crippen LogP contribution is -2.19. The van der Waals surface area contributed by atoms with Crippen LogP contribution in [0, 0.1) is 11.6 Å². The Labute approximate surface area is 218 Å². The summed E-state index contributed by atoms with van der Waals surface area (Å²) in [6.07, 6.45) is 1.71. The van der Waals surface area contributed by atoms with Gasteiger partial charge in [0.15, 0.2) is 17.2 Å². The Morgan fingerprint density at radius 1 is 0.921 bits per heavy atom. The molecule has 38 heavy (non-hydrogen) atoms. The predicted molar refractivity (Wildman–Crippen MR) is 139 cm³/mol. The summed E-state index contributed by atoms with van der Waals surface area (Å²) in [6, 6.07) is 17.2. The first-order valence-electron chi connectivity index (χ1n) is 11.8. The zero-order chi connectivity index (χ0) is 27.2. The van der Waals surface area contributed by atoms with E-state index < -0.39 is 23.5 Å². The molecule has 0 radical (unpaired) electrons. The Morgan fingerprint density at radius 3 is 2.32 bits per heavy atom. The summed E-state index contributed by atoms with van der Waals surface area (Å²) < 4.78 is 45.7. The molecule has 0 spiro atoms. The van der Waals surface area contributed by atoms with Crippen molar-refractivity contribution in [3.8, 4) is 22.6 Å². The van der Waals surface area contributed by atoms with Gasteiger partial charge in [0.05, 0.1) is 32.1 Å². The van der Waals surface area contributed by atoms with Crippen molar-refractivity contribution in [1.29, 1.82) is 0 Å². The van der Waals surface area contributed by atoms with E-state index in [2.05, 4.69) is 5.32 Å². The molecule has 0 saturated carbocycles. The quantitative estimate of drug-likeness (QED) is 0.277. The maximum atomic E-state index is 14.5. The van der Waals surface area contributed by atoms with Crippen LogP contribution in [-0.2, 0) is 11.3 Å². The highest BCUT2D eigenvalue weighted by molar-refractivity contribution is 6.11. The molecule has 1 heterocycles. The molecule has 4 aromatic rings. The summed E-state index contributed by atoms with van der Waals surface area (Å²) in [4.78, 5) is 26.4. The van der Waals surface area contributed by atoms with Crippen LogP contribution in [0.5, 0.6) is 11.5 Å². The first-order chi connectivity index (χ1) is 18.4. The molecular weight excluding hydrogens is 494 g/mol. The Kier molecular flexibility index (Phi) is 8.06. The van der Waals surface area contributed by atoms with Crippen LogP contribution in [0.3, 0.4) is 0 Å². The van der Waals surface area contributed by atoms with Gasteiger partial charge in [0.2, 0.25) is 0 Å². The molecular formula is C29H26F2N2O5. The van der Waals surface area contributed by atoms with Gasteiger partial charge < -0.3 is 24.1 Å². The average molecular weight is 521 g/mol. The highest BCUT2D eigenvalue weighted by Crippen LogP contribution is 2.39. The number of nitrogens with zero attached hydrogens (tertiary/aromatic N) is 1. The van der Waals surface area contributed by atoms with E-state index in [1.54, 1.807) is 35.9 Å². The minimum atomic E-state index is -1.03. The maximum absolute atomic E-state index is 14.5. The van der Waals surface area contributed by atoms with Gasteiger partial charge in [-0.15, -0.1) is 0 Å². The second kappa shape index (κ2) is 11.6. The highest BCUT2D eigenvalue weighted by Gasteiger charge is 2.27. The SMILES string of the molecule is CCOC(=O)c1c(NC(=O)c2ccc(F)cc2F)c(-c2ccc(OC)c(OC)c2)cn1Cc1ccccc1. The van der Waals surface area contributed by atoms with E-state index in [0.717, 1.165) is 17.7 Å². The number of methoxy groups -OCH3 is 2. The molecule has 1 aromatic heterocycles. The average Bonchev–Trinajstić information content (AvgIpc) is 3.26. The third kappa shape index (κ3) is 5.51. The number of halogens is 2. The van der Waals surface area contributed by atoms with Gasteiger partial charge >= 0.3 is 5.97 Å². The second-order valence-corrected chi connectivity index (χ2v) is 8.25. The topological polar surface area (TPSA) is 78.8 Å². The van der Waals surface area contributed by atoms with Crippen molar-refractivity contribution in [3.63, 3.8) is 0 Å². The highest BCUT2D eigenvalue weighted by atomic mass is 19.1. The monoisotopic (exact) mass is 520 g/mol. The maximum Gasteiger partial charge on any atom is 0.357 e. The number of aromatic nitrogens is 1. The first-order valence-corrected chi connectivity index (χ1v) is 11.8. The van der Waals surface area contributed by atoms with Crippen LogP contribution >= 0.6 is 0 Å². The molecule has 1 N–H and O–H groups in total. The molecule has 0 unspecified atom stereocenters. The van der Waals surface area contributed by atoms with Crippen LogP contribution < -0.4 is 14.8 Å². The van der Waals surface area contributed by atoms with E-state index in [4.69, 9.17) is 14.2 Å². The van der Waals surface area contributed by atoms with Crippen molar-refractivity contribution in [2.24, 2.45) is 0 Å². The Hall–Kier alpha value is -4.66. The van der Waals surface area contributed by atoms with Gasteiger partial charge in [-0.1, -0.05) is 36.4 Å². The van der Waals surface area contributed by atoms with Crippen molar-refractivity contribution in [2.75, 3.05) is 26.1 Å². The lowest BCUT2D eigenvalue weighted by molar-refractivity contribution is 0.0515. The summed E-state index contributed by atoms with van der Waals surface area (Å²) >= 11 is 0. The van der Waals surface area contributed by atoms with Crippen molar-refractivity contribution in [1.82, 2.24) is 4.57 Å². The minimum Gasteiger partial charge on any atom is -0.493 e. The number of esters is 1. The van der Waals surface area contributed by atoms with Crippen LogP contribution in [0.1, 0.15) is 33.3 Å². The van der Waals surface area contributed by atoms with E-state index in [1.165, 1.54) is 14.2 Å². The zero-order valence-corrected chi connectivity index (χ0v) is 21.1. The van der Waals surface area contributed by atoms with Gasteiger partial charge in [-0.05, 0) is 42.3 Å². The lowest BCUT2D eigenvalue weighted by Gasteiger charge is -2.13. The molecule has 9 heteroatoms. The number of nitrogens with one attached hydrogen (secondary N) is 1. The molecule has 3 aromatic carbocycles. The van der Waals surface area contributed by atoms with Crippen molar-refractivity contribution in [3.05, 3.63) is 101 Å². The molecule has 0 aliphatic carbocycles. The van der Waals surface area contributed by atoms with Gasteiger partial charge in [-0.2, -0.15) is 0 Å². The third-order valence-electron chi connectivity index (χ3n) is 5.85. The number of rotatable bonds is 9. The molecule has 0 fully saturated rings. The van der Waals surface area contributed by atoms with Gasteiger partial charge in [-0.25, -0.2) is 13.6 Å². The number of hydrogen-bond acceptors (Lipinski definition) is 5. The Balaban J connectivity index is 1.91. The number of benzene rings is 3. The van der Waals surface area contributed by atoms with E-state index in [9.17, 15) is 18.4 Å². The largest absolute Gasteiger partial charge is 0.493 e. The standard InChI is InChI=1S/C29H26F2N2O5/c1-4-38-29(35)27-26(32-28(34)21-12-11-20(30)15-23(21)31)22(17-33(27)16-18-8-6-5-7-9-18)19-10-13-24(36-2)25(14-19)37-3/h5-15,17H,4,16H2,1-3H3,(H,32,34). The molecule has 0 aliphatic rings. The summed E-state index contributed by atoms with van der Waals surface area (Å²) in [6.45, 7) is 2.06. The number of anilines is 1. The number of amides is 1. The van der Waals surface area contributed by atoms with Gasteiger partial charge in [0.25, 0.3) is 5.91 Å². The fourth-order valence-electron chi connectivity index (χ4n) is 4.08. The Morgan fingerprint density at radius 2 is 1.66 bits per heavy atom. The van der Waals surface area contributed by atoms with Crippen LogP contribution in [-0.4, -0.2) is 37.3 Å². The van der Waals surface area contributed by atoms with Crippen molar-refractivity contribution < 1.29 is 32.6 Å². The van der Waals surface area contributed by atoms with Crippen LogP contribution in [0.2, 0.25) is 0 Å². The van der Waals surface area contributed by atoms with Crippen LogP contribution in [0.4, 0.5) is 14.5 Å². The predicted octanol–water partition coefficient (Wildman–Crippen LogP) is 5.93. The van der Waals surface area contributed by atoms with Gasteiger partial charge in [-0.3, -0.25) is 4.79 Å². The fraction of sp³-hybridized carbons (Fsp3) is 0.172. The van der Waals surface area contributed by atoms with E-state index in [-0.39, 0.29) is 30.1 Å². The fourth-order valence-corrected chi connectivity index (χ4v) is 4.08. The minimum absolute atomic E-state index is 0.0661. The molecule has 0 atom stereocenters. The molecule has 0 aliphatic heterocycles. The number of ether oxygens (including phenoxy) is 3. The molecule has 0 saturated heterocycles. The zero-order valence-electron chi connectivity index (χ0n) is 21.1. The second-order valence-electron chi connectivity index (χ2n) is 8.25. The number of carbonyl (C=O) groups excluding carboxylic acids is 2. The number of hydrogen-bond donors (Lipinski definition) is 1. The van der Waals surface area contributed by atoms with E-state index in [1.807, 2.05) is 30.3 Å². The number of carbonyl (C=O) groups is 2. The van der Waals surface area contributed by atoms with E-state index >= 15 is 0 Å². The lowest BCUT2D eigenvalue weighted by atomic mass is 10.1. The van der Waals surface area contributed by atoms with Crippen LogP contribution in [0.25, 0.3) is 11.1 Å². The molecule has 7 nitrogen and oxygen atoms in total. The van der Waals surface area contributed by atoms with Crippen LogP contribution in [0.15, 0.2) is 72.9 Å². The van der Waals surface area contributed by atoms with Gasteiger partial charge in [0, 0.05) is 24.4 Å². The van der Waals surface area contributed by atoms with E-state index in [0.29, 0.717) is 28.7 Å². The molecule has 1 amide bonds. The third-order valence-corrected chi connectivity index (χ3v) is 5.85. The molecule has 196 valence electrons. The summed E-state index contributed by atoms with van der Waals surface area (Å²) in [7, 11) is 3.00. The first kappa shape index (κ1) is 26.4. The molecule has 0 bridgehead atoms. The normalized spacial score (nSPS) is 10.7. The Bertz CT molecular complexity index is 1470.